The first-order valence-electron chi connectivity index (χ1n) is 8.75. The van der Waals surface area contributed by atoms with Gasteiger partial charge in [-0.05, 0) is 55.4 Å². The molecule has 0 spiro atoms. The number of carbonyl (C=O) groups excluding carboxylic acids is 1. The average Bonchev–Trinajstić information content (AvgIpc) is 3.09. The maximum Gasteiger partial charge on any atom is 0.237 e. The van der Waals surface area contributed by atoms with Crippen molar-refractivity contribution in [3.8, 4) is 0 Å². The molecule has 3 N–H and O–H groups in total. The number of rotatable bonds is 5. The second-order valence-electron chi connectivity index (χ2n) is 6.80. The zero-order valence-corrected chi connectivity index (χ0v) is 15.5. The fourth-order valence-corrected chi connectivity index (χ4v) is 3.80. The zero-order valence-electron chi connectivity index (χ0n) is 13.9. The zero-order chi connectivity index (χ0) is 16.9. The number of anilines is 1. The van der Waals surface area contributed by atoms with Crippen molar-refractivity contribution in [2.24, 2.45) is 17.6 Å². The highest BCUT2D eigenvalue weighted by Gasteiger charge is 2.28. The van der Waals surface area contributed by atoms with Gasteiger partial charge in [0, 0.05) is 43.0 Å². The van der Waals surface area contributed by atoms with Crippen molar-refractivity contribution in [1.29, 1.82) is 0 Å². The van der Waals surface area contributed by atoms with E-state index in [2.05, 4.69) is 50.4 Å². The van der Waals surface area contributed by atoms with Gasteiger partial charge in [-0.15, -0.1) is 0 Å². The number of nitrogens with two attached hydrogens (primary N) is 1. The Bertz CT molecular complexity index is 546. The second-order valence-corrected chi connectivity index (χ2v) is 7.71. The van der Waals surface area contributed by atoms with Crippen molar-refractivity contribution in [2.75, 3.05) is 37.7 Å². The Morgan fingerprint density at radius 2 is 2.00 bits per heavy atom. The van der Waals surface area contributed by atoms with E-state index in [0.717, 1.165) is 50.0 Å². The van der Waals surface area contributed by atoms with Crippen molar-refractivity contribution in [3.05, 3.63) is 28.7 Å². The molecule has 2 aliphatic rings. The van der Waals surface area contributed by atoms with Gasteiger partial charge in [0.1, 0.15) is 0 Å². The van der Waals surface area contributed by atoms with Gasteiger partial charge in [-0.1, -0.05) is 15.9 Å². The standard InChI is InChI=1S/C18H26BrN3O2/c19-15-1-3-16(4-2-15)22-8-5-13(12-22)11-21-18(23)17(20)14-6-9-24-10-7-14/h1-4,13-14,17H,5-12,20H2,(H,21,23). The summed E-state index contributed by atoms with van der Waals surface area (Å²) in [4.78, 5) is 14.7. The van der Waals surface area contributed by atoms with Gasteiger partial charge in [0.2, 0.25) is 5.91 Å². The van der Waals surface area contributed by atoms with Gasteiger partial charge < -0.3 is 20.7 Å². The highest BCUT2D eigenvalue weighted by atomic mass is 79.9. The fourth-order valence-electron chi connectivity index (χ4n) is 3.54. The molecule has 0 aliphatic carbocycles. The highest BCUT2D eigenvalue weighted by Crippen LogP contribution is 2.25. The number of carbonyl (C=O) groups is 1. The van der Waals surface area contributed by atoms with Crippen LogP contribution in [0.25, 0.3) is 0 Å². The minimum absolute atomic E-state index is 0.0102. The normalized spacial score (nSPS) is 23.2. The van der Waals surface area contributed by atoms with Gasteiger partial charge in [0.15, 0.2) is 0 Å². The van der Waals surface area contributed by atoms with E-state index in [1.807, 2.05) is 0 Å². The number of amides is 1. The predicted molar refractivity (Wildman–Crippen MR) is 99.0 cm³/mol. The van der Waals surface area contributed by atoms with Crippen LogP contribution in [0.15, 0.2) is 28.7 Å². The van der Waals surface area contributed by atoms with Gasteiger partial charge in [-0.3, -0.25) is 4.79 Å². The number of hydrogen-bond donors (Lipinski definition) is 2. The summed E-state index contributed by atoms with van der Waals surface area (Å²) < 4.78 is 6.43. The van der Waals surface area contributed by atoms with Gasteiger partial charge >= 0.3 is 0 Å². The summed E-state index contributed by atoms with van der Waals surface area (Å²) >= 11 is 3.47. The van der Waals surface area contributed by atoms with Crippen molar-refractivity contribution >= 4 is 27.5 Å². The van der Waals surface area contributed by atoms with Crippen molar-refractivity contribution in [1.82, 2.24) is 5.32 Å². The molecule has 0 saturated carbocycles. The monoisotopic (exact) mass is 395 g/mol. The smallest absolute Gasteiger partial charge is 0.237 e. The number of hydrogen-bond acceptors (Lipinski definition) is 4. The minimum Gasteiger partial charge on any atom is -0.381 e. The minimum atomic E-state index is -0.405. The van der Waals surface area contributed by atoms with Crippen LogP contribution < -0.4 is 16.0 Å². The molecule has 2 atom stereocenters. The molecule has 1 amide bonds. The molecule has 2 unspecified atom stereocenters. The van der Waals surface area contributed by atoms with E-state index in [1.165, 1.54) is 5.69 Å². The Hall–Kier alpha value is -1.11. The van der Waals surface area contributed by atoms with E-state index < -0.39 is 6.04 Å². The lowest BCUT2D eigenvalue weighted by Crippen LogP contribution is -2.48. The van der Waals surface area contributed by atoms with E-state index in [9.17, 15) is 4.79 Å². The summed E-state index contributed by atoms with van der Waals surface area (Å²) in [5, 5.41) is 3.06. The molecule has 0 radical (unpaired) electrons. The van der Waals surface area contributed by atoms with Crippen LogP contribution in [0.5, 0.6) is 0 Å². The quantitative estimate of drug-likeness (QED) is 0.801. The van der Waals surface area contributed by atoms with E-state index in [1.54, 1.807) is 0 Å². The predicted octanol–water partition coefficient (Wildman–Crippen LogP) is 2.15. The largest absolute Gasteiger partial charge is 0.381 e. The summed E-state index contributed by atoms with van der Waals surface area (Å²) in [5.41, 5.74) is 7.37. The molecule has 2 saturated heterocycles. The second kappa shape index (κ2) is 8.32. The lowest BCUT2D eigenvalue weighted by atomic mass is 9.92. The average molecular weight is 396 g/mol. The molecule has 2 heterocycles. The Kier molecular flexibility index (Phi) is 6.14. The van der Waals surface area contributed by atoms with Crippen LogP contribution in [0, 0.1) is 11.8 Å². The van der Waals surface area contributed by atoms with Gasteiger partial charge in [0.05, 0.1) is 6.04 Å². The summed E-state index contributed by atoms with van der Waals surface area (Å²) in [7, 11) is 0. The van der Waals surface area contributed by atoms with Gasteiger partial charge in [-0.2, -0.15) is 0 Å². The third kappa shape index (κ3) is 4.49. The van der Waals surface area contributed by atoms with Crippen molar-refractivity contribution in [3.63, 3.8) is 0 Å². The molecular formula is C18H26BrN3O2. The first-order valence-corrected chi connectivity index (χ1v) is 9.54. The first-order chi connectivity index (χ1) is 11.6. The van der Waals surface area contributed by atoms with Crippen LogP contribution in [0.1, 0.15) is 19.3 Å². The number of benzene rings is 1. The van der Waals surface area contributed by atoms with Crippen LogP contribution in [-0.4, -0.2) is 44.8 Å². The van der Waals surface area contributed by atoms with Crippen LogP contribution in [0.4, 0.5) is 5.69 Å². The highest BCUT2D eigenvalue weighted by molar-refractivity contribution is 9.10. The topological polar surface area (TPSA) is 67.6 Å². The molecule has 132 valence electrons. The summed E-state index contributed by atoms with van der Waals surface area (Å²) in [6.45, 7) is 4.16. The summed E-state index contributed by atoms with van der Waals surface area (Å²) in [5.74, 6) is 0.727. The lowest BCUT2D eigenvalue weighted by molar-refractivity contribution is -0.124. The lowest BCUT2D eigenvalue weighted by Gasteiger charge is -2.27. The molecule has 0 aromatic heterocycles. The third-order valence-corrected chi connectivity index (χ3v) is 5.65. The molecule has 1 aromatic carbocycles. The Balaban J connectivity index is 1.43. The number of nitrogens with zero attached hydrogens (tertiary/aromatic N) is 1. The maximum atomic E-state index is 12.3. The van der Waals surface area contributed by atoms with E-state index in [0.29, 0.717) is 12.5 Å². The molecule has 3 rings (SSSR count). The summed E-state index contributed by atoms with van der Waals surface area (Å²) in [6, 6.07) is 7.99. The van der Waals surface area contributed by atoms with E-state index >= 15 is 0 Å². The maximum absolute atomic E-state index is 12.3. The number of halogens is 1. The van der Waals surface area contributed by atoms with E-state index in [4.69, 9.17) is 10.5 Å². The third-order valence-electron chi connectivity index (χ3n) is 5.12. The Morgan fingerprint density at radius 1 is 1.29 bits per heavy atom. The molecule has 2 aliphatic heterocycles. The van der Waals surface area contributed by atoms with E-state index in [-0.39, 0.29) is 11.8 Å². The van der Waals surface area contributed by atoms with Crippen LogP contribution >= 0.6 is 15.9 Å². The first kappa shape index (κ1) is 17.7. The Morgan fingerprint density at radius 3 is 2.71 bits per heavy atom. The molecule has 24 heavy (non-hydrogen) atoms. The fraction of sp³-hybridized carbons (Fsp3) is 0.611. The van der Waals surface area contributed by atoms with Crippen LogP contribution in [0.3, 0.4) is 0 Å². The van der Waals surface area contributed by atoms with Crippen molar-refractivity contribution in [2.45, 2.75) is 25.3 Å². The van der Waals surface area contributed by atoms with Gasteiger partial charge in [0.25, 0.3) is 0 Å². The molecule has 1 aromatic rings. The molecule has 5 nitrogen and oxygen atoms in total. The number of nitrogens with one attached hydrogen (secondary N) is 1. The SMILES string of the molecule is NC(C(=O)NCC1CCN(c2ccc(Br)cc2)C1)C1CCOCC1. The number of ether oxygens (including phenoxy) is 1. The van der Waals surface area contributed by atoms with Crippen LogP contribution in [-0.2, 0) is 9.53 Å². The Labute approximate surface area is 152 Å². The van der Waals surface area contributed by atoms with Crippen LogP contribution in [0.2, 0.25) is 0 Å². The molecule has 0 bridgehead atoms. The molecular weight excluding hydrogens is 370 g/mol. The molecule has 2 fully saturated rings. The summed E-state index contributed by atoms with van der Waals surface area (Å²) in [6.07, 6.45) is 2.87. The van der Waals surface area contributed by atoms with Gasteiger partial charge in [-0.25, -0.2) is 0 Å². The van der Waals surface area contributed by atoms with Crippen molar-refractivity contribution < 1.29 is 9.53 Å². The molecule has 6 heteroatoms.